The zero-order chi connectivity index (χ0) is 13.2. The average Bonchev–Trinajstić information content (AvgIpc) is 2.89. The molecule has 3 aromatic rings. The summed E-state index contributed by atoms with van der Waals surface area (Å²) in [5.74, 6) is -0.177. The van der Waals surface area contributed by atoms with Gasteiger partial charge in [0.15, 0.2) is 0 Å². The Balaban J connectivity index is 1.97. The maximum atomic E-state index is 13.1. The van der Waals surface area contributed by atoms with Gasteiger partial charge in [0.25, 0.3) is 0 Å². The quantitative estimate of drug-likeness (QED) is 0.669. The van der Waals surface area contributed by atoms with Crippen molar-refractivity contribution in [1.82, 2.24) is 30.2 Å². The van der Waals surface area contributed by atoms with E-state index in [1.165, 1.54) is 23.3 Å². The molecule has 0 spiro atoms. The predicted molar refractivity (Wildman–Crippen MR) is 65.1 cm³/mol. The Hall–Kier alpha value is -2.41. The monoisotopic (exact) mass is 276 g/mol. The van der Waals surface area contributed by atoms with Crippen LogP contribution in [0.25, 0.3) is 17.1 Å². The summed E-state index contributed by atoms with van der Waals surface area (Å²) in [5.41, 5.74) is 1.06. The van der Waals surface area contributed by atoms with Crippen LogP contribution >= 0.6 is 11.6 Å². The molecule has 0 saturated heterocycles. The number of pyridine rings is 2. The molecule has 0 fully saturated rings. The van der Waals surface area contributed by atoms with Crippen LogP contribution in [0.1, 0.15) is 0 Å². The van der Waals surface area contributed by atoms with Crippen molar-refractivity contribution in [2.75, 3.05) is 0 Å². The van der Waals surface area contributed by atoms with Gasteiger partial charge in [-0.15, -0.1) is 15.0 Å². The van der Waals surface area contributed by atoms with Gasteiger partial charge in [0.05, 0.1) is 12.4 Å². The molecule has 8 heteroatoms. The highest BCUT2D eigenvalue weighted by Gasteiger charge is 2.08. The Labute approximate surface area is 111 Å². The van der Waals surface area contributed by atoms with Gasteiger partial charge in [-0.3, -0.25) is 4.98 Å². The summed E-state index contributed by atoms with van der Waals surface area (Å²) in [4.78, 5) is 8.93. The largest absolute Gasteiger partial charge is 0.261 e. The van der Waals surface area contributed by atoms with Crippen molar-refractivity contribution in [3.05, 3.63) is 47.8 Å². The van der Waals surface area contributed by atoms with E-state index in [1.54, 1.807) is 12.1 Å². The highest BCUT2D eigenvalue weighted by Crippen LogP contribution is 2.14. The number of hydrogen-bond donors (Lipinski definition) is 0. The molecule has 19 heavy (non-hydrogen) atoms. The van der Waals surface area contributed by atoms with Crippen molar-refractivity contribution in [2.24, 2.45) is 0 Å². The Morgan fingerprint density at radius 1 is 1.16 bits per heavy atom. The lowest BCUT2D eigenvalue weighted by Gasteiger charge is -1.96. The molecule has 3 aromatic heterocycles. The number of nitrogens with zero attached hydrogens (tertiary/aromatic N) is 6. The zero-order valence-corrected chi connectivity index (χ0v) is 10.2. The van der Waals surface area contributed by atoms with Crippen molar-refractivity contribution in [2.45, 2.75) is 0 Å². The standard InChI is InChI=1S/C11H6ClFN6/c12-10-2-1-9(6-15-10)19-17-11(16-18-19)7-3-8(13)5-14-4-7/h1-6H. The predicted octanol–water partition coefficient (Wildman–Crippen LogP) is 1.91. The Morgan fingerprint density at radius 3 is 2.79 bits per heavy atom. The summed E-state index contributed by atoms with van der Waals surface area (Å²) >= 11 is 5.69. The van der Waals surface area contributed by atoms with Crippen LogP contribution < -0.4 is 0 Å². The lowest BCUT2D eigenvalue weighted by Crippen LogP contribution is -1.99. The number of hydrogen-bond acceptors (Lipinski definition) is 5. The van der Waals surface area contributed by atoms with Crippen molar-refractivity contribution < 1.29 is 4.39 Å². The first-order chi connectivity index (χ1) is 9.22. The van der Waals surface area contributed by atoms with Crippen LogP contribution in [-0.2, 0) is 0 Å². The molecular weight excluding hydrogens is 271 g/mol. The van der Waals surface area contributed by atoms with E-state index in [1.807, 2.05) is 0 Å². The van der Waals surface area contributed by atoms with E-state index in [0.717, 1.165) is 6.20 Å². The van der Waals surface area contributed by atoms with Crippen molar-refractivity contribution >= 4 is 11.6 Å². The average molecular weight is 277 g/mol. The van der Waals surface area contributed by atoms with Gasteiger partial charge in [-0.05, 0) is 23.4 Å². The van der Waals surface area contributed by atoms with Crippen molar-refractivity contribution in [3.8, 4) is 17.1 Å². The minimum atomic E-state index is -0.456. The van der Waals surface area contributed by atoms with E-state index in [2.05, 4.69) is 25.4 Å². The van der Waals surface area contributed by atoms with Crippen LogP contribution in [0.3, 0.4) is 0 Å². The Kier molecular flexibility index (Phi) is 2.88. The number of tetrazole rings is 1. The molecule has 6 nitrogen and oxygen atoms in total. The first-order valence-corrected chi connectivity index (χ1v) is 5.63. The summed E-state index contributed by atoms with van der Waals surface area (Å²) < 4.78 is 13.1. The second kappa shape index (κ2) is 4.69. The van der Waals surface area contributed by atoms with Gasteiger partial charge in [0, 0.05) is 11.8 Å². The Morgan fingerprint density at radius 2 is 2.05 bits per heavy atom. The summed E-state index contributed by atoms with van der Waals surface area (Å²) in [7, 11) is 0. The fourth-order valence-electron chi connectivity index (χ4n) is 1.46. The SMILES string of the molecule is Fc1cncc(-c2nnn(-c3ccc(Cl)nc3)n2)c1. The first-order valence-electron chi connectivity index (χ1n) is 5.25. The second-order valence-electron chi connectivity index (χ2n) is 3.63. The highest BCUT2D eigenvalue weighted by molar-refractivity contribution is 6.29. The maximum absolute atomic E-state index is 13.1. The zero-order valence-electron chi connectivity index (χ0n) is 9.40. The molecule has 3 rings (SSSR count). The Bertz CT molecular complexity index is 711. The van der Waals surface area contributed by atoms with Crippen LogP contribution in [0.5, 0.6) is 0 Å². The van der Waals surface area contributed by atoms with Gasteiger partial charge in [-0.2, -0.15) is 0 Å². The molecular formula is C11H6ClFN6. The molecule has 0 aliphatic rings. The third-order valence-electron chi connectivity index (χ3n) is 2.32. The van der Waals surface area contributed by atoms with Gasteiger partial charge >= 0.3 is 0 Å². The van der Waals surface area contributed by atoms with Crippen molar-refractivity contribution in [3.63, 3.8) is 0 Å². The summed E-state index contributed by atoms with van der Waals surface area (Å²) in [6, 6.07) is 4.60. The fraction of sp³-hybridized carbons (Fsp3) is 0. The molecule has 0 amide bonds. The molecule has 3 heterocycles. The minimum Gasteiger partial charge on any atom is -0.261 e. The smallest absolute Gasteiger partial charge is 0.207 e. The van der Waals surface area contributed by atoms with Crippen LogP contribution in [0.4, 0.5) is 4.39 Å². The molecule has 0 aliphatic heterocycles. The molecule has 0 N–H and O–H groups in total. The molecule has 94 valence electrons. The second-order valence-corrected chi connectivity index (χ2v) is 4.02. The summed E-state index contributed by atoms with van der Waals surface area (Å²) in [5, 5.41) is 12.2. The van der Waals surface area contributed by atoms with Gasteiger partial charge in [-0.25, -0.2) is 9.37 Å². The first kappa shape index (κ1) is 11.7. The highest BCUT2D eigenvalue weighted by atomic mass is 35.5. The topological polar surface area (TPSA) is 69.4 Å². The van der Waals surface area contributed by atoms with E-state index in [4.69, 9.17) is 11.6 Å². The molecule has 0 aromatic carbocycles. The van der Waals surface area contributed by atoms with Gasteiger partial charge in [-0.1, -0.05) is 11.6 Å². The van der Waals surface area contributed by atoms with Crippen molar-refractivity contribution in [1.29, 1.82) is 0 Å². The molecule has 0 radical (unpaired) electrons. The van der Waals surface area contributed by atoms with E-state index < -0.39 is 5.82 Å². The lowest BCUT2D eigenvalue weighted by atomic mass is 10.3. The third kappa shape index (κ3) is 2.41. The molecule has 0 saturated carbocycles. The maximum Gasteiger partial charge on any atom is 0.207 e. The number of halogens is 2. The van der Waals surface area contributed by atoms with Gasteiger partial charge in [0.2, 0.25) is 5.82 Å². The van der Waals surface area contributed by atoms with Crippen LogP contribution in [0, 0.1) is 5.82 Å². The summed E-state index contributed by atoms with van der Waals surface area (Å²) in [6.45, 7) is 0. The third-order valence-corrected chi connectivity index (χ3v) is 2.54. The number of rotatable bonds is 2. The molecule has 0 unspecified atom stereocenters. The van der Waals surface area contributed by atoms with E-state index >= 15 is 0 Å². The lowest BCUT2D eigenvalue weighted by molar-refractivity contribution is 0.622. The van der Waals surface area contributed by atoms with Crippen LogP contribution in [-0.4, -0.2) is 30.2 Å². The fourth-order valence-corrected chi connectivity index (χ4v) is 1.57. The van der Waals surface area contributed by atoms with Crippen LogP contribution in [0.15, 0.2) is 36.8 Å². The van der Waals surface area contributed by atoms with Crippen LogP contribution in [0.2, 0.25) is 5.15 Å². The van der Waals surface area contributed by atoms with Gasteiger partial charge in [0.1, 0.15) is 16.7 Å². The van der Waals surface area contributed by atoms with E-state index in [0.29, 0.717) is 16.4 Å². The molecule has 0 atom stereocenters. The summed E-state index contributed by atoms with van der Waals surface area (Å²) in [6.07, 6.45) is 4.08. The van der Waals surface area contributed by atoms with E-state index in [-0.39, 0.29) is 5.82 Å². The van der Waals surface area contributed by atoms with Gasteiger partial charge < -0.3 is 0 Å². The van der Waals surface area contributed by atoms with E-state index in [9.17, 15) is 4.39 Å². The molecule has 0 bridgehead atoms. The molecule has 0 aliphatic carbocycles. The normalized spacial score (nSPS) is 10.6. The minimum absolute atomic E-state index is 0.280. The number of aromatic nitrogens is 6.